The van der Waals surface area contributed by atoms with E-state index in [1.165, 1.54) is 0 Å². The van der Waals surface area contributed by atoms with E-state index in [0.29, 0.717) is 5.95 Å². The van der Waals surface area contributed by atoms with E-state index in [1.807, 2.05) is 67.0 Å². The average Bonchev–Trinajstić information content (AvgIpc) is 3.61. The second-order valence-electron chi connectivity index (χ2n) is 13.7. The topological polar surface area (TPSA) is 63.0 Å². The fourth-order valence-corrected chi connectivity index (χ4v) is 7.62. The van der Waals surface area contributed by atoms with Gasteiger partial charge in [0.2, 0.25) is 5.95 Å². The molecular formula is C50H35N7. The van der Waals surface area contributed by atoms with Gasteiger partial charge >= 0.3 is 0 Å². The van der Waals surface area contributed by atoms with Crippen molar-refractivity contribution < 1.29 is 0 Å². The summed E-state index contributed by atoms with van der Waals surface area (Å²) in [7, 11) is 0. The van der Waals surface area contributed by atoms with Crippen LogP contribution in [0.2, 0.25) is 0 Å². The molecule has 10 aromatic rings. The number of fused-ring (bicyclic) bond motifs is 3. The molecule has 0 aliphatic heterocycles. The van der Waals surface area contributed by atoms with Gasteiger partial charge in [0, 0.05) is 80.8 Å². The normalized spacial score (nSPS) is 11.2. The predicted octanol–water partition coefficient (Wildman–Crippen LogP) is 12.6. The maximum atomic E-state index is 4.80. The van der Waals surface area contributed by atoms with Crippen LogP contribution in [0.4, 0.5) is 34.1 Å². The fraction of sp³-hybridized carbons (Fsp3) is 0. The van der Waals surface area contributed by atoms with E-state index < -0.39 is 0 Å². The first kappa shape index (κ1) is 33.7. The molecule has 0 amide bonds. The van der Waals surface area contributed by atoms with Crippen LogP contribution in [0, 0.1) is 0 Å². The molecule has 0 atom stereocenters. The average molecular weight is 734 g/mol. The highest BCUT2D eigenvalue weighted by Crippen LogP contribution is 2.43. The molecule has 0 aliphatic carbocycles. The maximum absolute atomic E-state index is 4.80. The van der Waals surface area contributed by atoms with E-state index in [0.717, 1.165) is 78.4 Å². The number of anilines is 6. The minimum Gasteiger partial charge on any atom is -0.310 e. The highest BCUT2D eigenvalue weighted by atomic mass is 15.2. The van der Waals surface area contributed by atoms with Crippen LogP contribution >= 0.6 is 0 Å². The molecule has 0 saturated heterocycles. The summed E-state index contributed by atoms with van der Waals surface area (Å²) in [5.74, 6) is 0.596. The van der Waals surface area contributed by atoms with Gasteiger partial charge in [0.05, 0.1) is 22.4 Å². The Kier molecular flexibility index (Phi) is 8.70. The molecule has 0 bridgehead atoms. The lowest BCUT2D eigenvalue weighted by Gasteiger charge is -2.26. The minimum absolute atomic E-state index is 0.596. The zero-order chi connectivity index (χ0) is 38.0. The molecule has 270 valence electrons. The van der Waals surface area contributed by atoms with Gasteiger partial charge in [-0.05, 0) is 103 Å². The largest absolute Gasteiger partial charge is 0.310 e. The predicted molar refractivity (Wildman–Crippen MR) is 232 cm³/mol. The van der Waals surface area contributed by atoms with Crippen LogP contribution in [0.1, 0.15) is 0 Å². The summed E-state index contributed by atoms with van der Waals surface area (Å²) in [6.07, 6.45) is 7.26. The second kappa shape index (κ2) is 14.7. The van der Waals surface area contributed by atoms with Gasteiger partial charge in [0.1, 0.15) is 0 Å². The Balaban J connectivity index is 1.17. The van der Waals surface area contributed by atoms with Crippen LogP contribution in [0.3, 0.4) is 0 Å². The number of hydrogen-bond acceptors (Lipinski definition) is 6. The standard InChI is InChI=1S/C50H35N7/c1-3-16-38(17-4-1)55(40-20-11-14-36(32-40)46-22-7-9-28-51-46)42-24-26-44-45-27-25-43(35-49(45)57(48(44)34-42)50-53-30-13-31-54-50)56(39-18-5-2-6-19-39)41-21-12-15-37(33-41)47-23-8-10-29-52-47/h1-35H. The van der Waals surface area contributed by atoms with Crippen LogP contribution in [-0.4, -0.2) is 24.5 Å². The van der Waals surface area contributed by atoms with Crippen LogP contribution in [0.5, 0.6) is 0 Å². The summed E-state index contributed by atoms with van der Waals surface area (Å²) in [5, 5.41) is 2.21. The second-order valence-corrected chi connectivity index (χ2v) is 13.7. The lowest BCUT2D eigenvalue weighted by Crippen LogP contribution is -2.10. The molecular weight excluding hydrogens is 699 g/mol. The smallest absolute Gasteiger partial charge is 0.234 e. The van der Waals surface area contributed by atoms with E-state index in [4.69, 9.17) is 9.97 Å². The lowest BCUT2D eigenvalue weighted by atomic mass is 10.1. The van der Waals surface area contributed by atoms with Gasteiger partial charge in [-0.1, -0.05) is 84.9 Å². The third-order valence-corrected chi connectivity index (χ3v) is 10.2. The quantitative estimate of drug-likeness (QED) is 0.147. The number of aromatic nitrogens is 5. The zero-order valence-corrected chi connectivity index (χ0v) is 30.8. The number of rotatable bonds is 9. The van der Waals surface area contributed by atoms with E-state index in [1.54, 1.807) is 12.4 Å². The molecule has 57 heavy (non-hydrogen) atoms. The third kappa shape index (κ3) is 6.43. The Morgan fingerprint density at radius 3 is 1.19 bits per heavy atom. The van der Waals surface area contributed by atoms with Gasteiger partial charge in [-0.2, -0.15) is 0 Å². The number of pyridine rings is 2. The summed E-state index contributed by atoms with van der Waals surface area (Å²) in [4.78, 5) is 23.5. The molecule has 4 heterocycles. The summed E-state index contributed by atoms with van der Waals surface area (Å²) >= 11 is 0. The summed E-state index contributed by atoms with van der Waals surface area (Å²) in [6, 6.07) is 65.2. The lowest BCUT2D eigenvalue weighted by molar-refractivity contribution is 0.988. The van der Waals surface area contributed by atoms with Gasteiger partial charge in [-0.15, -0.1) is 0 Å². The number of para-hydroxylation sites is 2. The molecule has 0 radical (unpaired) electrons. The number of hydrogen-bond donors (Lipinski definition) is 0. The highest BCUT2D eigenvalue weighted by Gasteiger charge is 2.21. The fourth-order valence-electron chi connectivity index (χ4n) is 7.62. The van der Waals surface area contributed by atoms with Crippen molar-refractivity contribution in [3.05, 3.63) is 213 Å². The van der Waals surface area contributed by atoms with E-state index in [2.05, 4.69) is 158 Å². The van der Waals surface area contributed by atoms with Crippen molar-refractivity contribution in [2.45, 2.75) is 0 Å². The zero-order valence-electron chi connectivity index (χ0n) is 30.8. The van der Waals surface area contributed by atoms with Crippen LogP contribution in [0.15, 0.2) is 213 Å². The van der Waals surface area contributed by atoms with Crippen molar-refractivity contribution in [3.8, 4) is 28.5 Å². The third-order valence-electron chi connectivity index (χ3n) is 10.2. The van der Waals surface area contributed by atoms with Crippen LogP contribution in [0.25, 0.3) is 50.3 Å². The minimum atomic E-state index is 0.596. The Morgan fingerprint density at radius 2 is 0.737 bits per heavy atom. The molecule has 0 N–H and O–H groups in total. The van der Waals surface area contributed by atoms with E-state index >= 15 is 0 Å². The molecule has 0 aliphatic rings. The Labute approximate surface area is 330 Å². The number of benzene rings is 6. The van der Waals surface area contributed by atoms with Crippen molar-refractivity contribution in [1.82, 2.24) is 24.5 Å². The Bertz CT molecular complexity index is 2770. The van der Waals surface area contributed by atoms with Crippen molar-refractivity contribution in [2.75, 3.05) is 9.80 Å². The van der Waals surface area contributed by atoms with Crippen molar-refractivity contribution >= 4 is 55.9 Å². The Hall–Kier alpha value is -7.90. The molecule has 0 fully saturated rings. The molecule has 0 spiro atoms. The Morgan fingerprint density at radius 1 is 0.316 bits per heavy atom. The summed E-state index contributed by atoms with van der Waals surface area (Å²) < 4.78 is 2.18. The van der Waals surface area contributed by atoms with Crippen molar-refractivity contribution in [3.63, 3.8) is 0 Å². The van der Waals surface area contributed by atoms with E-state index in [9.17, 15) is 0 Å². The van der Waals surface area contributed by atoms with Crippen molar-refractivity contribution in [1.29, 1.82) is 0 Å². The molecule has 0 unspecified atom stereocenters. The first-order chi connectivity index (χ1) is 28.3. The van der Waals surface area contributed by atoms with Crippen molar-refractivity contribution in [2.24, 2.45) is 0 Å². The van der Waals surface area contributed by atoms with Gasteiger partial charge in [0.25, 0.3) is 0 Å². The highest BCUT2D eigenvalue weighted by molar-refractivity contribution is 6.11. The first-order valence-corrected chi connectivity index (χ1v) is 18.9. The summed E-state index contributed by atoms with van der Waals surface area (Å²) in [5.41, 5.74) is 12.1. The first-order valence-electron chi connectivity index (χ1n) is 18.9. The van der Waals surface area contributed by atoms with Gasteiger partial charge < -0.3 is 9.80 Å². The van der Waals surface area contributed by atoms with E-state index in [-0.39, 0.29) is 0 Å². The van der Waals surface area contributed by atoms with Gasteiger partial charge in [-0.25, -0.2) is 9.97 Å². The molecule has 6 aromatic carbocycles. The van der Waals surface area contributed by atoms with Crippen LogP contribution < -0.4 is 9.80 Å². The van der Waals surface area contributed by atoms with Gasteiger partial charge in [-0.3, -0.25) is 14.5 Å². The molecule has 10 rings (SSSR count). The molecule has 4 aromatic heterocycles. The maximum Gasteiger partial charge on any atom is 0.234 e. The molecule has 0 saturated carbocycles. The molecule has 7 heteroatoms. The monoisotopic (exact) mass is 733 g/mol. The number of nitrogens with zero attached hydrogens (tertiary/aromatic N) is 7. The summed E-state index contributed by atoms with van der Waals surface area (Å²) in [6.45, 7) is 0. The SMILES string of the molecule is c1ccc(N(c2cccc(-c3ccccn3)c2)c2ccc3c4ccc(N(c5ccccc5)c5cccc(-c6ccccn6)c5)cc4n(-c4ncccn4)c3c2)cc1. The van der Waals surface area contributed by atoms with Crippen LogP contribution in [-0.2, 0) is 0 Å². The molecule has 7 nitrogen and oxygen atoms in total. The van der Waals surface area contributed by atoms with Gasteiger partial charge in [0.15, 0.2) is 0 Å².